The van der Waals surface area contributed by atoms with Crippen molar-refractivity contribution in [3.05, 3.63) is 34.3 Å². The van der Waals surface area contributed by atoms with Gasteiger partial charge in [-0.15, -0.1) is 0 Å². The summed E-state index contributed by atoms with van der Waals surface area (Å²) >= 11 is 5.92. The molecule has 138 valence electrons. The Labute approximate surface area is 157 Å². The van der Waals surface area contributed by atoms with Gasteiger partial charge in [-0.3, -0.25) is 9.59 Å². The first-order chi connectivity index (χ1) is 12.5. The Balaban J connectivity index is 1.69. The number of amides is 1. The number of nitrogens with zero attached hydrogens (tertiary/aromatic N) is 2. The number of likely N-dealkylation sites (tertiary alicyclic amines) is 1. The monoisotopic (exact) mass is 376 g/mol. The van der Waals surface area contributed by atoms with E-state index in [0.717, 1.165) is 0 Å². The van der Waals surface area contributed by atoms with Crippen molar-refractivity contribution < 1.29 is 19.4 Å². The van der Waals surface area contributed by atoms with Crippen LogP contribution in [0.25, 0.3) is 0 Å². The first-order valence-electron chi connectivity index (χ1n) is 8.78. The molecule has 1 amide bonds. The number of benzene rings is 1. The van der Waals surface area contributed by atoms with Crippen molar-refractivity contribution in [1.82, 2.24) is 4.90 Å². The molecular weight excluding hydrogens is 356 g/mol. The molecule has 0 bridgehead atoms. The second kappa shape index (κ2) is 7.65. The van der Waals surface area contributed by atoms with Gasteiger partial charge in [0.15, 0.2) is 0 Å². The molecule has 0 unspecified atom stereocenters. The summed E-state index contributed by atoms with van der Waals surface area (Å²) in [6.07, 6.45) is 2.39. The molecule has 0 radical (unpaired) electrons. The number of ether oxygens (including phenoxy) is 1. The van der Waals surface area contributed by atoms with Crippen molar-refractivity contribution in [3.8, 4) is 6.07 Å². The van der Waals surface area contributed by atoms with Crippen molar-refractivity contribution in [2.24, 2.45) is 11.3 Å². The molecule has 2 fully saturated rings. The Morgan fingerprint density at radius 3 is 2.50 bits per heavy atom. The van der Waals surface area contributed by atoms with Gasteiger partial charge >= 0.3 is 5.97 Å². The van der Waals surface area contributed by atoms with Gasteiger partial charge < -0.3 is 14.7 Å². The first kappa shape index (κ1) is 18.7. The van der Waals surface area contributed by atoms with Crippen LogP contribution in [0.5, 0.6) is 0 Å². The van der Waals surface area contributed by atoms with Gasteiger partial charge in [0.1, 0.15) is 6.07 Å². The quantitative estimate of drug-likeness (QED) is 0.875. The van der Waals surface area contributed by atoms with Gasteiger partial charge in [-0.25, -0.2) is 0 Å². The summed E-state index contributed by atoms with van der Waals surface area (Å²) < 4.78 is 5.35. The molecule has 0 atom stereocenters. The van der Waals surface area contributed by atoms with E-state index in [1.165, 1.54) is 6.07 Å². The normalized spacial score (nSPS) is 20.4. The van der Waals surface area contributed by atoms with E-state index in [9.17, 15) is 14.7 Å². The van der Waals surface area contributed by atoms with Crippen LogP contribution in [0.4, 0.5) is 0 Å². The second-order valence-corrected chi connectivity index (χ2v) is 7.35. The number of carboxylic acid groups (broad SMARTS) is 1. The highest BCUT2D eigenvalue weighted by molar-refractivity contribution is 6.31. The number of halogens is 1. The zero-order chi connectivity index (χ0) is 18.7. The van der Waals surface area contributed by atoms with E-state index in [2.05, 4.69) is 0 Å². The fourth-order valence-corrected chi connectivity index (χ4v) is 4.25. The number of piperidine rings is 1. The number of rotatable bonds is 3. The molecule has 2 aliphatic heterocycles. The summed E-state index contributed by atoms with van der Waals surface area (Å²) in [7, 11) is 0. The van der Waals surface area contributed by atoms with Crippen molar-refractivity contribution in [2.75, 3.05) is 26.3 Å². The largest absolute Gasteiger partial charge is 0.481 e. The number of nitriles is 1. The lowest BCUT2D eigenvalue weighted by atomic mass is 9.66. The third-order valence-electron chi connectivity index (χ3n) is 5.71. The van der Waals surface area contributed by atoms with Crippen molar-refractivity contribution in [2.45, 2.75) is 25.7 Å². The molecule has 1 aromatic rings. The highest BCUT2D eigenvalue weighted by atomic mass is 35.5. The van der Waals surface area contributed by atoms with Gasteiger partial charge in [0.25, 0.3) is 5.91 Å². The molecule has 6 nitrogen and oxygen atoms in total. The zero-order valence-electron chi connectivity index (χ0n) is 14.4. The summed E-state index contributed by atoms with van der Waals surface area (Å²) in [6.45, 7) is 1.99. The van der Waals surface area contributed by atoms with E-state index >= 15 is 0 Å². The minimum absolute atomic E-state index is 0.0489. The highest BCUT2D eigenvalue weighted by Gasteiger charge is 2.47. The summed E-state index contributed by atoms with van der Waals surface area (Å²) in [4.78, 5) is 26.4. The van der Waals surface area contributed by atoms with Crippen LogP contribution in [-0.2, 0) is 9.53 Å². The Morgan fingerprint density at radius 2 is 1.92 bits per heavy atom. The lowest BCUT2D eigenvalue weighted by Gasteiger charge is -2.44. The third kappa shape index (κ3) is 3.42. The van der Waals surface area contributed by atoms with E-state index < -0.39 is 11.4 Å². The molecule has 1 aromatic carbocycles. The Bertz CT molecular complexity index is 744. The lowest BCUT2D eigenvalue weighted by Crippen LogP contribution is -2.49. The molecule has 0 aromatic heterocycles. The van der Waals surface area contributed by atoms with Gasteiger partial charge in [0.05, 0.1) is 16.0 Å². The fourth-order valence-electron chi connectivity index (χ4n) is 4.09. The summed E-state index contributed by atoms with van der Waals surface area (Å²) in [5, 5.41) is 19.2. The average Bonchev–Trinajstić information content (AvgIpc) is 2.68. The van der Waals surface area contributed by atoms with E-state index in [-0.39, 0.29) is 17.4 Å². The van der Waals surface area contributed by atoms with Gasteiger partial charge in [-0.05, 0) is 49.8 Å². The summed E-state index contributed by atoms with van der Waals surface area (Å²) in [6, 6.07) is 6.67. The Morgan fingerprint density at radius 1 is 1.27 bits per heavy atom. The van der Waals surface area contributed by atoms with E-state index in [4.69, 9.17) is 21.6 Å². The zero-order valence-corrected chi connectivity index (χ0v) is 15.2. The van der Waals surface area contributed by atoms with Crippen LogP contribution < -0.4 is 0 Å². The highest BCUT2D eigenvalue weighted by Crippen LogP contribution is 2.43. The number of carbonyl (C=O) groups excluding carboxylic acids is 1. The van der Waals surface area contributed by atoms with Crippen molar-refractivity contribution in [1.29, 1.82) is 5.26 Å². The maximum Gasteiger partial charge on any atom is 0.310 e. The average molecular weight is 377 g/mol. The molecule has 3 rings (SSSR count). The van der Waals surface area contributed by atoms with Crippen LogP contribution in [0.15, 0.2) is 18.2 Å². The molecule has 0 aliphatic carbocycles. The van der Waals surface area contributed by atoms with Gasteiger partial charge in [-0.1, -0.05) is 11.6 Å². The molecule has 7 heteroatoms. The fraction of sp³-hybridized carbons (Fsp3) is 0.526. The molecule has 2 heterocycles. The first-order valence-corrected chi connectivity index (χ1v) is 9.16. The molecule has 26 heavy (non-hydrogen) atoms. The maximum absolute atomic E-state index is 12.7. The van der Waals surface area contributed by atoms with Gasteiger partial charge in [-0.2, -0.15) is 5.26 Å². The SMILES string of the molecule is N#Cc1cc(C(=O)N2CCC(C3(C(=O)O)CCOCC3)CC2)ccc1Cl. The summed E-state index contributed by atoms with van der Waals surface area (Å²) in [5.74, 6) is -0.845. The van der Waals surface area contributed by atoms with E-state index in [1.54, 1.807) is 17.0 Å². The molecule has 2 aliphatic rings. The minimum atomic E-state index is -0.748. The Kier molecular flexibility index (Phi) is 5.49. The molecule has 0 saturated carbocycles. The molecule has 0 spiro atoms. The van der Waals surface area contributed by atoms with Crippen LogP contribution >= 0.6 is 11.6 Å². The molecule has 1 N–H and O–H groups in total. The standard InChI is InChI=1S/C19H21ClN2O4/c20-16-2-1-13(11-14(16)12-21)17(23)22-7-3-15(4-8-22)19(18(24)25)5-9-26-10-6-19/h1-2,11,15H,3-10H2,(H,24,25). The predicted octanol–water partition coefficient (Wildman–Crippen LogP) is 2.95. The van der Waals surface area contributed by atoms with Crippen LogP contribution in [0.2, 0.25) is 5.02 Å². The van der Waals surface area contributed by atoms with Crippen molar-refractivity contribution in [3.63, 3.8) is 0 Å². The minimum Gasteiger partial charge on any atom is -0.481 e. The molecule has 2 saturated heterocycles. The number of hydrogen-bond donors (Lipinski definition) is 1. The van der Waals surface area contributed by atoms with Gasteiger partial charge in [0, 0.05) is 31.9 Å². The second-order valence-electron chi connectivity index (χ2n) is 6.95. The topological polar surface area (TPSA) is 90.6 Å². The number of hydrogen-bond acceptors (Lipinski definition) is 4. The van der Waals surface area contributed by atoms with Gasteiger partial charge in [0.2, 0.25) is 0 Å². The Hall–Kier alpha value is -2.10. The van der Waals surface area contributed by atoms with Crippen LogP contribution in [-0.4, -0.2) is 48.2 Å². The van der Waals surface area contributed by atoms with Crippen molar-refractivity contribution >= 4 is 23.5 Å². The predicted molar refractivity (Wildman–Crippen MR) is 94.9 cm³/mol. The maximum atomic E-state index is 12.7. The number of aliphatic carboxylic acids is 1. The van der Waals surface area contributed by atoms with Crippen LogP contribution in [0.3, 0.4) is 0 Å². The van der Waals surface area contributed by atoms with E-state index in [1.807, 2.05) is 6.07 Å². The van der Waals surface area contributed by atoms with E-state index in [0.29, 0.717) is 62.6 Å². The summed E-state index contributed by atoms with van der Waals surface area (Å²) in [5.41, 5.74) is -0.0235. The number of carboxylic acids is 1. The smallest absolute Gasteiger partial charge is 0.310 e. The lowest BCUT2D eigenvalue weighted by molar-refractivity contribution is -0.162. The molecular formula is C19H21ClN2O4. The van der Waals surface area contributed by atoms with Crippen LogP contribution in [0, 0.1) is 22.7 Å². The third-order valence-corrected chi connectivity index (χ3v) is 6.04. The number of carbonyl (C=O) groups is 2. The van der Waals surface area contributed by atoms with Crippen LogP contribution in [0.1, 0.15) is 41.6 Å².